The summed E-state index contributed by atoms with van der Waals surface area (Å²) in [4.78, 5) is 27.9. The van der Waals surface area contributed by atoms with E-state index in [1.165, 1.54) is 4.90 Å². The molecule has 1 N–H and O–H groups in total. The highest BCUT2D eigenvalue weighted by Crippen LogP contribution is 2.25. The topological polar surface area (TPSA) is 58.6 Å². The zero-order valence-corrected chi connectivity index (χ0v) is 20.2. The molecule has 1 atom stereocenters. The van der Waals surface area contributed by atoms with Crippen LogP contribution in [0, 0.1) is 0 Å². The molecule has 3 rings (SSSR count). The molecule has 1 unspecified atom stereocenters. The Morgan fingerprint density at radius 1 is 1.09 bits per heavy atom. The summed E-state index contributed by atoms with van der Waals surface area (Å²) in [5, 5.41) is 4.57. The van der Waals surface area contributed by atoms with Crippen molar-refractivity contribution < 1.29 is 14.3 Å². The lowest BCUT2D eigenvalue weighted by molar-refractivity contribution is -0.143. The van der Waals surface area contributed by atoms with E-state index in [0.29, 0.717) is 32.8 Å². The van der Waals surface area contributed by atoms with E-state index in [4.69, 9.17) is 39.5 Å². The molecule has 1 aliphatic rings. The van der Waals surface area contributed by atoms with Gasteiger partial charge in [0, 0.05) is 27.7 Å². The first-order valence-electron chi connectivity index (χ1n) is 10.8. The lowest BCUT2D eigenvalue weighted by Gasteiger charge is -2.31. The smallest absolute Gasteiger partial charge is 0.261 e. The Hall–Kier alpha value is -1.95. The van der Waals surface area contributed by atoms with E-state index in [0.717, 1.165) is 25.7 Å². The summed E-state index contributed by atoms with van der Waals surface area (Å²) < 4.78 is 5.66. The van der Waals surface area contributed by atoms with E-state index in [9.17, 15) is 9.59 Å². The molecule has 0 saturated heterocycles. The van der Waals surface area contributed by atoms with Gasteiger partial charge in [-0.1, -0.05) is 66.7 Å². The van der Waals surface area contributed by atoms with Crippen LogP contribution >= 0.6 is 34.8 Å². The maximum absolute atomic E-state index is 13.2. The molecular weight excluding hydrogens is 471 g/mol. The normalized spacial score (nSPS) is 14.8. The molecule has 0 aromatic heterocycles. The summed E-state index contributed by atoms with van der Waals surface area (Å²) >= 11 is 18.4. The molecule has 0 heterocycles. The molecule has 32 heavy (non-hydrogen) atoms. The average Bonchev–Trinajstić information content (AvgIpc) is 3.26. The van der Waals surface area contributed by atoms with Crippen LogP contribution in [-0.4, -0.2) is 35.4 Å². The minimum Gasteiger partial charge on any atom is -0.484 e. The highest BCUT2D eigenvalue weighted by atomic mass is 35.5. The Balaban J connectivity index is 1.79. The molecule has 1 saturated carbocycles. The van der Waals surface area contributed by atoms with Gasteiger partial charge >= 0.3 is 0 Å². The van der Waals surface area contributed by atoms with Gasteiger partial charge in [-0.25, -0.2) is 0 Å². The predicted molar refractivity (Wildman–Crippen MR) is 128 cm³/mol. The lowest BCUT2D eigenvalue weighted by atomic mass is 10.1. The molecule has 0 spiro atoms. The van der Waals surface area contributed by atoms with Gasteiger partial charge in [-0.2, -0.15) is 0 Å². The van der Waals surface area contributed by atoms with Gasteiger partial charge in [-0.15, -0.1) is 0 Å². The number of nitrogens with zero attached hydrogens (tertiary/aromatic N) is 1. The van der Waals surface area contributed by atoms with Crippen molar-refractivity contribution in [2.45, 2.75) is 57.7 Å². The third kappa shape index (κ3) is 6.77. The second-order valence-electron chi connectivity index (χ2n) is 7.92. The summed E-state index contributed by atoms with van der Waals surface area (Å²) in [5.74, 6) is 0.0174. The van der Waals surface area contributed by atoms with Crippen molar-refractivity contribution in [1.29, 1.82) is 0 Å². The standard InChI is InChI=1S/C24H27Cl3N2O3/c1-2-22(24(31)28-19-7-3-4-8-19)29(14-16-10-11-18(26)13-21(16)27)23(30)15-32-20-9-5-6-17(25)12-20/h5-6,9-13,19,22H,2-4,7-8,14-15H2,1H3,(H,28,31). The Labute approximate surface area is 204 Å². The number of carbonyl (C=O) groups is 2. The van der Waals surface area contributed by atoms with Crippen molar-refractivity contribution >= 4 is 46.6 Å². The van der Waals surface area contributed by atoms with Crippen LogP contribution in [0.25, 0.3) is 0 Å². The maximum atomic E-state index is 13.2. The molecule has 5 nitrogen and oxygen atoms in total. The molecule has 0 bridgehead atoms. The van der Waals surface area contributed by atoms with Crippen molar-refractivity contribution in [3.8, 4) is 5.75 Å². The third-order valence-electron chi connectivity index (χ3n) is 5.60. The highest BCUT2D eigenvalue weighted by molar-refractivity contribution is 6.35. The summed E-state index contributed by atoms with van der Waals surface area (Å²) in [6.45, 7) is 1.84. The fourth-order valence-electron chi connectivity index (χ4n) is 3.91. The molecule has 2 aromatic rings. The van der Waals surface area contributed by atoms with Crippen molar-refractivity contribution in [2.24, 2.45) is 0 Å². The summed E-state index contributed by atoms with van der Waals surface area (Å²) in [5.41, 5.74) is 0.708. The van der Waals surface area contributed by atoms with E-state index in [-0.39, 0.29) is 31.0 Å². The fourth-order valence-corrected chi connectivity index (χ4v) is 4.55. The Kier molecular flexibility index (Phi) is 9.09. The van der Waals surface area contributed by atoms with E-state index in [1.54, 1.807) is 42.5 Å². The number of amides is 2. The largest absolute Gasteiger partial charge is 0.484 e. The zero-order chi connectivity index (χ0) is 23.1. The van der Waals surface area contributed by atoms with Gasteiger partial charge in [0.15, 0.2) is 6.61 Å². The Bertz CT molecular complexity index is 948. The molecule has 2 amide bonds. The SMILES string of the molecule is CCC(C(=O)NC1CCCC1)N(Cc1ccc(Cl)cc1Cl)C(=O)COc1cccc(Cl)c1. The zero-order valence-electron chi connectivity index (χ0n) is 18.0. The van der Waals surface area contributed by atoms with Crippen LogP contribution in [0.1, 0.15) is 44.6 Å². The molecule has 8 heteroatoms. The number of hydrogen-bond donors (Lipinski definition) is 1. The number of carbonyl (C=O) groups excluding carboxylic acids is 2. The van der Waals surface area contributed by atoms with Crippen molar-refractivity contribution in [3.05, 3.63) is 63.1 Å². The van der Waals surface area contributed by atoms with Crippen molar-refractivity contribution in [3.63, 3.8) is 0 Å². The van der Waals surface area contributed by atoms with Crippen LogP contribution in [-0.2, 0) is 16.1 Å². The van der Waals surface area contributed by atoms with E-state index < -0.39 is 6.04 Å². The minimum absolute atomic E-state index is 0.152. The molecule has 2 aromatic carbocycles. The Morgan fingerprint density at radius 2 is 1.81 bits per heavy atom. The Morgan fingerprint density at radius 3 is 2.47 bits per heavy atom. The van der Waals surface area contributed by atoms with Gasteiger partial charge in [0.2, 0.25) is 5.91 Å². The number of rotatable bonds is 9. The van der Waals surface area contributed by atoms with Crippen LogP contribution in [0.5, 0.6) is 5.75 Å². The number of nitrogens with one attached hydrogen (secondary N) is 1. The van der Waals surface area contributed by atoms with Gasteiger partial charge < -0.3 is 15.0 Å². The summed E-state index contributed by atoms with van der Waals surface area (Å²) in [7, 11) is 0. The minimum atomic E-state index is -0.641. The maximum Gasteiger partial charge on any atom is 0.261 e. The number of halogens is 3. The molecule has 1 fully saturated rings. The molecular formula is C24H27Cl3N2O3. The van der Waals surface area contributed by atoms with Crippen LogP contribution in [0.4, 0.5) is 0 Å². The van der Waals surface area contributed by atoms with Crippen LogP contribution in [0.2, 0.25) is 15.1 Å². The molecule has 172 valence electrons. The van der Waals surface area contributed by atoms with E-state index >= 15 is 0 Å². The van der Waals surface area contributed by atoms with E-state index in [2.05, 4.69) is 5.32 Å². The number of hydrogen-bond acceptors (Lipinski definition) is 3. The third-order valence-corrected chi connectivity index (χ3v) is 6.42. The first kappa shape index (κ1) is 24.7. The van der Waals surface area contributed by atoms with Crippen LogP contribution < -0.4 is 10.1 Å². The van der Waals surface area contributed by atoms with Crippen molar-refractivity contribution in [2.75, 3.05) is 6.61 Å². The second kappa shape index (κ2) is 11.8. The van der Waals surface area contributed by atoms with Gasteiger partial charge in [0.05, 0.1) is 0 Å². The second-order valence-corrected chi connectivity index (χ2v) is 9.20. The van der Waals surface area contributed by atoms with E-state index in [1.807, 2.05) is 6.92 Å². The van der Waals surface area contributed by atoms with Gasteiger partial charge in [-0.3, -0.25) is 9.59 Å². The van der Waals surface area contributed by atoms with Gasteiger partial charge in [0.1, 0.15) is 11.8 Å². The monoisotopic (exact) mass is 496 g/mol. The fraction of sp³-hybridized carbons (Fsp3) is 0.417. The highest BCUT2D eigenvalue weighted by Gasteiger charge is 2.31. The quantitative estimate of drug-likeness (QED) is 0.470. The molecule has 0 aliphatic heterocycles. The first-order chi connectivity index (χ1) is 15.4. The average molecular weight is 498 g/mol. The lowest BCUT2D eigenvalue weighted by Crippen LogP contribution is -2.52. The summed E-state index contributed by atoms with van der Waals surface area (Å²) in [6, 6.07) is 11.5. The van der Waals surface area contributed by atoms with Crippen LogP contribution in [0.15, 0.2) is 42.5 Å². The van der Waals surface area contributed by atoms with Gasteiger partial charge in [0.25, 0.3) is 5.91 Å². The predicted octanol–water partition coefficient (Wildman–Crippen LogP) is 5.89. The number of ether oxygens (including phenoxy) is 1. The molecule has 0 radical (unpaired) electrons. The van der Waals surface area contributed by atoms with Crippen molar-refractivity contribution in [1.82, 2.24) is 10.2 Å². The number of benzene rings is 2. The first-order valence-corrected chi connectivity index (χ1v) is 11.9. The summed E-state index contributed by atoms with van der Waals surface area (Å²) in [6.07, 6.45) is 4.62. The van der Waals surface area contributed by atoms with Gasteiger partial charge in [-0.05, 0) is 55.2 Å². The van der Waals surface area contributed by atoms with Crippen LogP contribution in [0.3, 0.4) is 0 Å². The molecule has 1 aliphatic carbocycles.